The molecule has 1 atom stereocenters. The average molecular weight is 565 g/mol. The number of nitrogens with one attached hydrogen (secondary N) is 2. The molecule has 0 fully saturated rings. The van der Waals surface area contributed by atoms with Gasteiger partial charge in [0, 0.05) is 41.2 Å². The minimum Gasteiger partial charge on any atom is -0.478 e. The fourth-order valence-electron chi connectivity index (χ4n) is 5.04. The fourth-order valence-corrected chi connectivity index (χ4v) is 5.45. The van der Waals surface area contributed by atoms with E-state index >= 15 is 0 Å². The van der Waals surface area contributed by atoms with Gasteiger partial charge >= 0.3 is 0 Å². The lowest BCUT2D eigenvalue weighted by molar-refractivity contribution is 0.327. The third kappa shape index (κ3) is 4.70. The van der Waals surface area contributed by atoms with Crippen LogP contribution in [0.2, 0.25) is 5.02 Å². The number of halogens is 1. The molecule has 0 aliphatic heterocycles. The zero-order chi connectivity index (χ0) is 28.5. The third-order valence-electron chi connectivity index (χ3n) is 6.85. The second-order valence-corrected chi connectivity index (χ2v) is 9.75. The van der Waals surface area contributed by atoms with Gasteiger partial charge in [-0.3, -0.25) is 14.2 Å². The molecule has 9 nitrogen and oxygen atoms in total. The van der Waals surface area contributed by atoms with E-state index in [9.17, 15) is 9.59 Å². The van der Waals surface area contributed by atoms with Gasteiger partial charge in [0.1, 0.15) is 23.2 Å². The molecule has 0 spiro atoms. The Bertz CT molecular complexity index is 2000. The first-order chi connectivity index (χ1) is 20.0. The molecule has 6 rings (SSSR count). The summed E-state index contributed by atoms with van der Waals surface area (Å²) in [7, 11) is 0. The number of nitrogens with zero attached hydrogens (tertiary/aromatic N) is 4. The van der Waals surface area contributed by atoms with E-state index in [1.807, 2.05) is 68.4 Å². The van der Waals surface area contributed by atoms with E-state index in [4.69, 9.17) is 16.3 Å². The second kappa shape index (κ2) is 10.9. The Morgan fingerprint density at radius 1 is 0.976 bits per heavy atom. The number of pyridine rings is 3. The zero-order valence-electron chi connectivity index (χ0n) is 22.3. The van der Waals surface area contributed by atoms with Crippen molar-refractivity contribution in [3.8, 4) is 22.7 Å². The molecule has 4 heterocycles. The van der Waals surface area contributed by atoms with E-state index < -0.39 is 6.04 Å². The monoisotopic (exact) mass is 564 g/mol. The van der Waals surface area contributed by atoms with Gasteiger partial charge in [-0.15, -0.1) is 0 Å². The van der Waals surface area contributed by atoms with Crippen LogP contribution in [0.15, 0.2) is 95.0 Å². The van der Waals surface area contributed by atoms with Crippen molar-refractivity contribution in [2.24, 2.45) is 0 Å². The van der Waals surface area contributed by atoms with Gasteiger partial charge in [-0.1, -0.05) is 48.0 Å². The normalized spacial score (nSPS) is 12.0. The molecule has 0 unspecified atom stereocenters. The van der Waals surface area contributed by atoms with Gasteiger partial charge in [0.15, 0.2) is 5.43 Å². The van der Waals surface area contributed by atoms with Gasteiger partial charge in [-0.25, -0.2) is 15.0 Å². The molecule has 6 aromatic rings. The maximum Gasteiger partial charge on any atom is 0.263 e. The number of aromatic nitrogens is 5. The van der Waals surface area contributed by atoms with Gasteiger partial charge in [0.2, 0.25) is 5.88 Å². The molecule has 4 aromatic heterocycles. The number of anilines is 1. The molecular formula is C31H25ClN6O3. The topological polar surface area (TPSA) is 115 Å². The van der Waals surface area contributed by atoms with Crippen molar-refractivity contribution in [3.05, 3.63) is 117 Å². The van der Waals surface area contributed by atoms with Gasteiger partial charge in [0.25, 0.3) is 5.56 Å². The standard InChI is InChI=1S/C31H25ClN6O3/c1-3-41-24-13-12-19(16-34-24)21-10-7-11-22-25(21)31(40)38(20-8-5-4-6-9-20)28(27(22)32)18(2)37-30-26-23(39)14-15-33-29(26)35-17-36-30/h4-18H,3H2,1-2H3,(H2,33,35,36,37,39)/t18-/m0/s1. The summed E-state index contributed by atoms with van der Waals surface area (Å²) in [5.74, 6) is 0.844. The summed E-state index contributed by atoms with van der Waals surface area (Å²) in [5, 5.41) is 5.09. The first-order valence-corrected chi connectivity index (χ1v) is 13.5. The maximum atomic E-state index is 14.4. The van der Waals surface area contributed by atoms with Crippen molar-refractivity contribution in [1.29, 1.82) is 0 Å². The molecule has 0 aliphatic carbocycles. The molecular weight excluding hydrogens is 540 g/mol. The number of benzene rings is 2. The highest BCUT2D eigenvalue weighted by Crippen LogP contribution is 2.36. The van der Waals surface area contributed by atoms with Crippen molar-refractivity contribution in [2.45, 2.75) is 19.9 Å². The van der Waals surface area contributed by atoms with E-state index in [0.717, 1.165) is 5.56 Å². The van der Waals surface area contributed by atoms with Crippen molar-refractivity contribution < 1.29 is 4.74 Å². The van der Waals surface area contributed by atoms with Crippen molar-refractivity contribution in [3.63, 3.8) is 0 Å². The number of rotatable bonds is 7. The SMILES string of the molecule is CCOc1ccc(-c2cccc3c(Cl)c([C@H](C)Nc4ncnc5[nH]ccc(=O)c45)n(-c4ccccc4)c(=O)c23)cn1. The van der Waals surface area contributed by atoms with Gasteiger partial charge in [-0.2, -0.15) is 0 Å². The predicted molar refractivity (Wildman–Crippen MR) is 161 cm³/mol. The summed E-state index contributed by atoms with van der Waals surface area (Å²) in [4.78, 5) is 43.0. The Morgan fingerprint density at radius 3 is 2.56 bits per heavy atom. The van der Waals surface area contributed by atoms with E-state index in [-0.39, 0.29) is 11.0 Å². The van der Waals surface area contributed by atoms with Crippen LogP contribution in [0.4, 0.5) is 5.82 Å². The molecule has 10 heteroatoms. The van der Waals surface area contributed by atoms with Gasteiger partial charge < -0.3 is 15.0 Å². The van der Waals surface area contributed by atoms with Crippen molar-refractivity contribution in [1.82, 2.24) is 24.5 Å². The Morgan fingerprint density at radius 2 is 1.80 bits per heavy atom. The lowest BCUT2D eigenvalue weighted by Crippen LogP contribution is -2.27. The van der Waals surface area contributed by atoms with Gasteiger partial charge in [0.05, 0.1) is 28.8 Å². The number of hydrogen-bond acceptors (Lipinski definition) is 7. The van der Waals surface area contributed by atoms with Crippen LogP contribution in [-0.2, 0) is 0 Å². The molecule has 0 bridgehead atoms. The summed E-state index contributed by atoms with van der Waals surface area (Å²) in [5.41, 5.74) is 2.57. The summed E-state index contributed by atoms with van der Waals surface area (Å²) in [6, 6.07) is 19.4. The number of fused-ring (bicyclic) bond motifs is 2. The summed E-state index contributed by atoms with van der Waals surface area (Å²) in [6.45, 7) is 4.27. The lowest BCUT2D eigenvalue weighted by atomic mass is 9.98. The second-order valence-electron chi connectivity index (χ2n) is 9.38. The summed E-state index contributed by atoms with van der Waals surface area (Å²) < 4.78 is 7.11. The minimum absolute atomic E-state index is 0.229. The van der Waals surface area contributed by atoms with E-state index in [1.54, 1.807) is 16.8 Å². The van der Waals surface area contributed by atoms with Crippen LogP contribution in [0.3, 0.4) is 0 Å². The average Bonchev–Trinajstić information content (AvgIpc) is 2.99. The molecule has 0 amide bonds. The smallest absolute Gasteiger partial charge is 0.263 e. The van der Waals surface area contributed by atoms with Crippen LogP contribution in [0.25, 0.3) is 38.6 Å². The molecule has 2 aromatic carbocycles. The quantitative estimate of drug-likeness (QED) is 0.248. The molecule has 0 saturated heterocycles. The van der Waals surface area contributed by atoms with Gasteiger partial charge in [-0.05, 0) is 37.6 Å². The molecule has 204 valence electrons. The first kappa shape index (κ1) is 26.2. The summed E-state index contributed by atoms with van der Waals surface area (Å²) in [6.07, 6.45) is 4.60. The molecule has 2 N–H and O–H groups in total. The molecule has 0 saturated carbocycles. The number of aromatic amines is 1. The van der Waals surface area contributed by atoms with E-state index in [0.29, 0.717) is 62.1 Å². The highest BCUT2D eigenvalue weighted by atomic mass is 35.5. The van der Waals surface area contributed by atoms with Crippen molar-refractivity contribution >= 4 is 39.2 Å². The molecule has 0 aliphatic rings. The van der Waals surface area contributed by atoms with Crippen LogP contribution in [0.5, 0.6) is 5.88 Å². The number of hydrogen-bond donors (Lipinski definition) is 2. The zero-order valence-corrected chi connectivity index (χ0v) is 23.0. The van der Waals surface area contributed by atoms with E-state index in [2.05, 4.69) is 25.3 Å². The Balaban J connectivity index is 1.58. The maximum absolute atomic E-state index is 14.4. The Hall–Kier alpha value is -5.02. The van der Waals surface area contributed by atoms with Crippen LogP contribution < -0.4 is 21.0 Å². The largest absolute Gasteiger partial charge is 0.478 e. The van der Waals surface area contributed by atoms with Crippen molar-refractivity contribution in [2.75, 3.05) is 11.9 Å². The minimum atomic E-state index is -0.534. The van der Waals surface area contributed by atoms with Crippen LogP contribution in [0, 0.1) is 0 Å². The van der Waals surface area contributed by atoms with Crippen LogP contribution in [-0.4, -0.2) is 31.1 Å². The fraction of sp³-hybridized carbons (Fsp3) is 0.129. The van der Waals surface area contributed by atoms with Crippen LogP contribution in [0.1, 0.15) is 25.6 Å². The molecule has 41 heavy (non-hydrogen) atoms. The number of ether oxygens (including phenoxy) is 1. The Labute approximate surface area is 239 Å². The Kier molecular flexibility index (Phi) is 6.94. The summed E-state index contributed by atoms with van der Waals surface area (Å²) >= 11 is 7.17. The predicted octanol–water partition coefficient (Wildman–Crippen LogP) is 5.91. The first-order valence-electron chi connectivity index (χ1n) is 13.1. The molecule has 0 radical (unpaired) electrons. The lowest BCUT2D eigenvalue weighted by Gasteiger charge is -2.24. The number of H-pyrrole nitrogens is 1. The third-order valence-corrected chi connectivity index (χ3v) is 7.25. The number of para-hydroxylation sites is 1. The highest BCUT2D eigenvalue weighted by molar-refractivity contribution is 6.36. The van der Waals surface area contributed by atoms with E-state index in [1.165, 1.54) is 18.6 Å². The highest BCUT2D eigenvalue weighted by Gasteiger charge is 2.24. The van der Waals surface area contributed by atoms with Crippen LogP contribution >= 0.6 is 11.6 Å².